The largest absolute Gasteiger partial charge is 0.444 e. The first-order chi connectivity index (χ1) is 6.83. The molecule has 1 heterocycles. The summed E-state index contributed by atoms with van der Waals surface area (Å²) < 4.78 is 10.4. The summed E-state index contributed by atoms with van der Waals surface area (Å²) in [5.41, 5.74) is 5.34. The molecular formula is C10H21ClN2O3. The first-order valence-corrected chi connectivity index (χ1v) is 5.10. The van der Waals surface area contributed by atoms with Crippen molar-refractivity contribution in [3.05, 3.63) is 0 Å². The van der Waals surface area contributed by atoms with E-state index < -0.39 is 5.60 Å². The second-order valence-corrected chi connectivity index (χ2v) is 4.82. The number of methoxy groups -OCH3 is 1. The van der Waals surface area contributed by atoms with Crippen molar-refractivity contribution < 1.29 is 14.3 Å². The molecule has 1 fully saturated rings. The van der Waals surface area contributed by atoms with Gasteiger partial charge in [0, 0.05) is 13.7 Å². The van der Waals surface area contributed by atoms with E-state index in [4.69, 9.17) is 15.2 Å². The minimum atomic E-state index is -0.466. The quantitative estimate of drug-likeness (QED) is 0.756. The monoisotopic (exact) mass is 252 g/mol. The summed E-state index contributed by atoms with van der Waals surface area (Å²) >= 11 is 0. The maximum Gasteiger partial charge on any atom is 0.410 e. The zero-order chi connectivity index (χ0) is 11.6. The molecule has 0 radical (unpaired) electrons. The van der Waals surface area contributed by atoms with Gasteiger partial charge in [0.2, 0.25) is 0 Å². The van der Waals surface area contributed by atoms with Gasteiger partial charge in [-0.2, -0.15) is 0 Å². The Bertz CT molecular complexity index is 243. The van der Waals surface area contributed by atoms with Crippen molar-refractivity contribution in [3.8, 4) is 0 Å². The molecule has 1 aliphatic rings. The summed E-state index contributed by atoms with van der Waals surface area (Å²) in [5.74, 6) is 0. The molecule has 0 saturated carbocycles. The van der Waals surface area contributed by atoms with Crippen molar-refractivity contribution in [2.24, 2.45) is 5.73 Å². The molecule has 16 heavy (non-hydrogen) atoms. The number of nitrogens with zero attached hydrogens (tertiary/aromatic N) is 1. The molecule has 1 saturated heterocycles. The van der Waals surface area contributed by atoms with Gasteiger partial charge in [0.1, 0.15) is 5.60 Å². The van der Waals surface area contributed by atoms with Crippen molar-refractivity contribution in [1.29, 1.82) is 0 Å². The van der Waals surface area contributed by atoms with Gasteiger partial charge in [-0.15, -0.1) is 12.4 Å². The number of rotatable bonds is 1. The van der Waals surface area contributed by atoms with Crippen LogP contribution in [0.25, 0.3) is 0 Å². The van der Waals surface area contributed by atoms with Crippen LogP contribution in [0.2, 0.25) is 0 Å². The van der Waals surface area contributed by atoms with Gasteiger partial charge in [0.25, 0.3) is 0 Å². The van der Waals surface area contributed by atoms with Crippen molar-refractivity contribution in [1.82, 2.24) is 4.90 Å². The van der Waals surface area contributed by atoms with Gasteiger partial charge in [-0.05, 0) is 20.8 Å². The molecule has 0 spiro atoms. The van der Waals surface area contributed by atoms with E-state index >= 15 is 0 Å². The summed E-state index contributed by atoms with van der Waals surface area (Å²) in [5, 5.41) is 0. The molecule has 0 aromatic heterocycles. The number of likely N-dealkylation sites (tertiary alicyclic amines) is 1. The highest BCUT2D eigenvalue weighted by molar-refractivity contribution is 5.85. The zero-order valence-corrected chi connectivity index (χ0v) is 11.0. The predicted octanol–water partition coefficient (Wildman–Crippen LogP) is 1.00. The van der Waals surface area contributed by atoms with Crippen molar-refractivity contribution in [2.75, 3.05) is 20.2 Å². The number of carbonyl (C=O) groups excluding carboxylic acids is 1. The maximum absolute atomic E-state index is 11.7. The normalized spacial score (nSPS) is 25.2. The number of hydrogen-bond donors (Lipinski definition) is 1. The minimum Gasteiger partial charge on any atom is -0.444 e. The maximum atomic E-state index is 11.7. The number of halogens is 1. The molecule has 2 N–H and O–H groups in total. The Kier molecular flexibility index (Phi) is 5.52. The van der Waals surface area contributed by atoms with Crippen LogP contribution in [0.5, 0.6) is 0 Å². The third kappa shape index (κ3) is 4.15. The van der Waals surface area contributed by atoms with Gasteiger partial charge in [-0.3, -0.25) is 0 Å². The van der Waals surface area contributed by atoms with Crippen molar-refractivity contribution in [3.63, 3.8) is 0 Å². The molecule has 0 aromatic rings. The van der Waals surface area contributed by atoms with Gasteiger partial charge in [-0.1, -0.05) is 0 Å². The number of carbonyl (C=O) groups is 1. The summed E-state index contributed by atoms with van der Waals surface area (Å²) in [6, 6.07) is -0.123. The van der Waals surface area contributed by atoms with Crippen LogP contribution in [0.1, 0.15) is 20.8 Å². The second kappa shape index (κ2) is 5.70. The molecule has 1 amide bonds. The van der Waals surface area contributed by atoms with E-state index in [1.54, 1.807) is 12.0 Å². The molecule has 0 aliphatic carbocycles. The minimum absolute atomic E-state index is 0. The Morgan fingerprint density at radius 3 is 2.31 bits per heavy atom. The summed E-state index contributed by atoms with van der Waals surface area (Å²) in [7, 11) is 1.60. The lowest BCUT2D eigenvalue weighted by Crippen LogP contribution is -2.36. The molecule has 6 heteroatoms. The van der Waals surface area contributed by atoms with E-state index in [1.807, 2.05) is 20.8 Å². The highest BCUT2D eigenvalue weighted by Gasteiger charge is 2.35. The topological polar surface area (TPSA) is 64.8 Å². The smallest absolute Gasteiger partial charge is 0.410 e. The summed E-state index contributed by atoms with van der Waals surface area (Å²) in [6.07, 6.45) is -0.407. The average Bonchev–Trinajstić information content (AvgIpc) is 2.43. The van der Waals surface area contributed by atoms with E-state index in [0.29, 0.717) is 13.1 Å². The number of hydrogen-bond acceptors (Lipinski definition) is 4. The molecule has 0 bridgehead atoms. The van der Waals surface area contributed by atoms with E-state index in [9.17, 15) is 4.79 Å². The molecule has 2 atom stereocenters. The standard InChI is InChI=1S/C10H20N2O3.ClH/c1-10(2,3)15-9(13)12-5-7(11)8(6-12)14-4;/h7-8H,5-6,11H2,1-4H3;1H/t7-,8+;/m0./s1. The van der Waals surface area contributed by atoms with Gasteiger partial charge >= 0.3 is 6.09 Å². The fourth-order valence-corrected chi connectivity index (χ4v) is 1.52. The molecule has 96 valence electrons. The Morgan fingerprint density at radius 1 is 1.38 bits per heavy atom. The van der Waals surface area contributed by atoms with Crippen LogP contribution in [0.15, 0.2) is 0 Å². The first-order valence-electron chi connectivity index (χ1n) is 5.10. The Hall–Kier alpha value is -0.520. The fourth-order valence-electron chi connectivity index (χ4n) is 1.52. The van der Waals surface area contributed by atoms with Gasteiger partial charge < -0.3 is 20.1 Å². The first kappa shape index (κ1) is 15.5. The highest BCUT2D eigenvalue weighted by Crippen LogP contribution is 2.16. The van der Waals surface area contributed by atoms with E-state index in [0.717, 1.165) is 0 Å². The summed E-state index contributed by atoms with van der Waals surface area (Å²) in [6.45, 7) is 6.53. The highest BCUT2D eigenvalue weighted by atomic mass is 35.5. The Balaban J connectivity index is 0.00000225. The van der Waals surface area contributed by atoms with Gasteiger partial charge in [0.15, 0.2) is 0 Å². The van der Waals surface area contributed by atoms with E-state index in [2.05, 4.69) is 0 Å². The van der Waals surface area contributed by atoms with Crippen LogP contribution in [0.4, 0.5) is 4.79 Å². The lowest BCUT2D eigenvalue weighted by atomic mass is 10.2. The van der Waals surface area contributed by atoms with Gasteiger partial charge in [-0.25, -0.2) is 4.79 Å². The molecular weight excluding hydrogens is 232 g/mol. The van der Waals surface area contributed by atoms with Crippen molar-refractivity contribution >= 4 is 18.5 Å². The predicted molar refractivity (Wildman–Crippen MR) is 63.8 cm³/mol. The van der Waals surface area contributed by atoms with E-state index in [-0.39, 0.29) is 30.6 Å². The van der Waals surface area contributed by atoms with Crippen molar-refractivity contribution in [2.45, 2.75) is 38.5 Å². The van der Waals surface area contributed by atoms with Crippen LogP contribution in [-0.4, -0.2) is 48.9 Å². The molecule has 0 unspecified atom stereocenters. The molecule has 5 nitrogen and oxygen atoms in total. The second-order valence-electron chi connectivity index (χ2n) is 4.82. The van der Waals surface area contributed by atoms with Crippen LogP contribution >= 0.6 is 12.4 Å². The van der Waals surface area contributed by atoms with Crippen LogP contribution in [-0.2, 0) is 9.47 Å². The Labute approximate surface area is 103 Å². The van der Waals surface area contributed by atoms with Crippen LogP contribution < -0.4 is 5.73 Å². The van der Waals surface area contributed by atoms with Crippen LogP contribution in [0, 0.1) is 0 Å². The molecule has 1 rings (SSSR count). The third-order valence-corrected chi connectivity index (χ3v) is 2.26. The summed E-state index contributed by atoms with van der Waals surface area (Å²) in [4.78, 5) is 13.2. The number of amides is 1. The van der Waals surface area contributed by atoms with Gasteiger partial charge in [0.05, 0.1) is 18.7 Å². The molecule has 1 aliphatic heterocycles. The fraction of sp³-hybridized carbons (Fsp3) is 0.900. The lowest BCUT2D eigenvalue weighted by molar-refractivity contribution is 0.0252. The third-order valence-electron chi connectivity index (χ3n) is 2.26. The zero-order valence-electron chi connectivity index (χ0n) is 10.2. The lowest BCUT2D eigenvalue weighted by Gasteiger charge is -2.24. The number of ether oxygens (including phenoxy) is 2. The number of nitrogens with two attached hydrogens (primary N) is 1. The Morgan fingerprint density at radius 2 is 1.94 bits per heavy atom. The van der Waals surface area contributed by atoms with Crippen LogP contribution in [0.3, 0.4) is 0 Å². The molecule has 0 aromatic carbocycles. The van der Waals surface area contributed by atoms with E-state index in [1.165, 1.54) is 0 Å². The SMILES string of the molecule is CO[C@@H]1CN(C(=O)OC(C)(C)C)C[C@@H]1N.Cl. The average molecular weight is 253 g/mol.